The van der Waals surface area contributed by atoms with Crippen molar-refractivity contribution in [3.05, 3.63) is 52.0 Å². The van der Waals surface area contributed by atoms with E-state index in [1.54, 1.807) is 31.5 Å². The number of phenols is 1. The molecule has 98 valence electrons. The summed E-state index contributed by atoms with van der Waals surface area (Å²) >= 11 is 3.45. The first kappa shape index (κ1) is 13.6. The number of aryl methyl sites for hydroxylation is 1. The van der Waals surface area contributed by atoms with Crippen molar-refractivity contribution in [2.75, 3.05) is 7.11 Å². The summed E-state index contributed by atoms with van der Waals surface area (Å²) in [6, 6.07) is 10.9. The van der Waals surface area contributed by atoms with Gasteiger partial charge in [-0.15, -0.1) is 0 Å². The Labute approximate surface area is 120 Å². The molecule has 0 aliphatic carbocycles. The van der Waals surface area contributed by atoms with E-state index >= 15 is 0 Å². The van der Waals surface area contributed by atoms with Crippen molar-refractivity contribution in [1.29, 1.82) is 0 Å². The van der Waals surface area contributed by atoms with Crippen molar-refractivity contribution < 1.29 is 9.84 Å². The van der Waals surface area contributed by atoms with Crippen LogP contribution >= 0.6 is 15.9 Å². The maximum atomic E-state index is 9.75. The van der Waals surface area contributed by atoms with E-state index in [4.69, 9.17) is 4.74 Å². The average Bonchev–Trinajstić information content (AvgIpc) is 2.41. The molecular formula is C15H14BrNO2. The molecule has 1 N–H and O–H groups in total. The van der Waals surface area contributed by atoms with Gasteiger partial charge in [-0.2, -0.15) is 0 Å². The number of hydrogen-bond acceptors (Lipinski definition) is 3. The quantitative estimate of drug-likeness (QED) is 0.860. The molecule has 0 unspecified atom stereocenters. The van der Waals surface area contributed by atoms with Gasteiger partial charge >= 0.3 is 0 Å². The van der Waals surface area contributed by atoms with E-state index in [-0.39, 0.29) is 5.75 Å². The molecule has 3 nitrogen and oxygen atoms in total. The predicted molar refractivity (Wildman–Crippen MR) is 80.8 cm³/mol. The average molecular weight is 320 g/mol. The molecular weight excluding hydrogens is 306 g/mol. The van der Waals surface area contributed by atoms with Crippen LogP contribution in [0.1, 0.15) is 11.1 Å². The Balaban J connectivity index is 2.29. The van der Waals surface area contributed by atoms with Crippen LogP contribution in [-0.4, -0.2) is 18.4 Å². The number of phenolic OH excluding ortho intramolecular Hbond substituents is 1. The molecule has 2 aromatic carbocycles. The topological polar surface area (TPSA) is 41.8 Å². The molecule has 0 radical (unpaired) electrons. The fourth-order valence-corrected chi connectivity index (χ4v) is 1.86. The van der Waals surface area contributed by atoms with Crippen LogP contribution in [0.2, 0.25) is 0 Å². The van der Waals surface area contributed by atoms with Crippen LogP contribution in [0.15, 0.2) is 45.9 Å². The van der Waals surface area contributed by atoms with Gasteiger partial charge in [0.25, 0.3) is 0 Å². The highest BCUT2D eigenvalue weighted by Crippen LogP contribution is 2.24. The molecule has 0 aliphatic rings. The number of ether oxygens (including phenoxy) is 1. The Kier molecular flexibility index (Phi) is 4.22. The third-order valence-corrected chi connectivity index (χ3v) is 3.62. The summed E-state index contributed by atoms with van der Waals surface area (Å²) in [5.74, 6) is 0.865. The molecule has 0 bridgehead atoms. The lowest BCUT2D eigenvalue weighted by Gasteiger charge is -2.03. The lowest BCUT2D eigenvalue weighted by molar-refractivity contribution is 0.412. The lowest BCUT2D eigenvalue weighted by Crippen LogP contribution is -1.87. The van der Waals surface area contributed by atoms with Crippen LogP contribution in [-0.2, 0) is 0 Å². The van der Waals surface area contributed by atoms with Gasteiger partial charge in [0.1, 0.15) is 11.5 Å². The maximum Gasteiger partial charge on any atom is 0.124 e. The molecule has 0 spiro atoms. The van der Waals surface area contributed by atoms with E-state index in [1.807, 2.05) is 25.1 Å². The minimum absolute atomic E-state index is 0.179. The Hall–Kier alpha value is -1.81. The van der Waals surface area contributed by atoms with E-state index in [2.05, 4.69) is 20.9 Å². The van der Waals surface area contributed by atoms with Gasteiger partial charge in [-0.25, -0.2) is 0 Å². The summed E-state index contributed by atoms with van der Waals surface area (Å²) in [5, 5.41) is 9.75. The standard InChI is InChI=1S/C15H14BrNO2/c1-10-7-12(3-5-14(10)16)17-9-11-8-13(19-2)4-6-15(11)18/h3-9,18H,1-2H3. The van der Waals surface area contributed by atoms with Gasteiger partial charge in [-0.1, -0.05) is 15.9 Å². The molecule has 4 heteroatoms. The summed E-state index contributed by atoms with van der Waals surface area (Å²) in [4.78, 5) is 4.35. The van der Waals surface area contributed by atoms with Crippen LogP contribution in [0.3, 0.4) is 0 Å². The highest BCUT2D eigenvalue weighted by molar-refractivity contribution is 9.10. The Morgan fingerprint density at radius 3 is 2.68 bits per heavy atom. The fourth-order valence-electron chi connectivity index (χ4n) is 1.62. The first-order valence-electron chi connectivity index (χ1n) is 5.77. The lowest BCUT2D eigenvalue weighted by atomic mass is 10.2. The largest absolute Gasteiger partial charge is 0.507 e. The summed E-state index contributed by atoms with van der Waals surface area (Å²) in [7, 11) is 1.59. The number of halogens is 1. The van der Waals surface area contributed by atoms with Gasteiger partial charge in [0.05, 0.1) is 12.8 Å². The number of rotatable bonds is 3. The first-order chi connectivity index (χ1) is 9.10. The van der Waals surface area contributed by atoms with Crippen molar-refractivity contribution in [3.8, 4) is 11.5 Å². The summed E-state index contributed by atoms with van der Waals surface area (Å²) in [6.45, 7) is 2.01. The highest BCUT2D eigenvalue weighted by Gasteiger charge is 2.01. The van der Waals surface area contributed by atoms with Crippen molar-refractivity contribution in [1.82, 2.24) is 0 Å². The van der Waals surface area contributed by atoms with Crippen molar-refractivity contribution >= 4 is 27.8 Å². The van der Waals surface area contributed by atoms with Crippen molar-refractivity contribution in [3.63, 3.8) is 0 Å². The van der Waals surface area contributed by atoms with E-state index in [9.17, 15) is 5.11 Å². The third-order valence-electron chi connectivity index (χ3n) is 2.73. The molecule has 0 aliphatic heterocycles. The van der Waals surface area contributed by atoms with Gasteiger partial charge in [0.2, 0.25) is 0 Å². The molecule has 0 amide bonds. The second-order valence-corrected chi connectivity index (χ2v) is 4.97. The number of methoxy groups -OCH3 is 1. The molecule has 19 heavy (non-hydrogen) atoms. The normalized spacial score (nSPS) is 10.9. The van der Waals surface area contributed by atoms with Gasteiger partial charge in [-0.05, 0) is 48.9 Å². The minimum Gasteiger partial charge on any atom is -0.507 e. The van der Waals surface area contributed by atoms with Gasteiger partial charge < -0.3 is 9.84 Å². The van der Waals surface area contributed by atoms with Crippen LogP contribution in [0.25, 0.3) is 0 Å². The smallest absolute Gasteiger partial charge is 0.124 e. The monoisotopic (exact) mass is 319 g/mol. The minimum atomic E-state index is 0.179. The number of hydrogen-bond donors (Lipinski definition) is 1. The molecule has 2 rings (SSSR count). The van der Waals surface area contributed by atoms with Crippen molar-refractivity contribution in [2.45, 2.75) is 6.92 Å². The fraction of sp³-hybridized carbons (Fsp3) is 0.133. The predicted octanol–water partition coefficient (Wildman–Crippen LogP) is 4.22. The van der Waals surface area contributed by atoms with E-state index < -0.39 is 0 Å². The number of benzene rings is 2. The SMILES string of the molecule is COc1ccc(O)c(C=Nc2ccc(Br)c(C)c2)c1. The zero-order valence-corrected chi connectivity index (χ0v) is 12.3. The summed E-state index contributed by atoms with van der Waals surface area (Å²) in [6.07, 6.45) is 1.63. The van der Waals surface area contributed by atoms with Crippen LogP contribution < -0.4 is 4.74 Å². The Bertz CT molecular complexity index is 624. The maximum absolute atomic E-state index is 9.75. The van der Waals surface area contributed by atoms with E-state index in [1.165, 1.54) is 0 Å². The summed E-state index contributed by atoms with van der Waals surface area (Å²) < 4.78 is 6.17. The second kappa shape index (κ2) is 5.89. The Morgan fingerprint density at radius 2 is 2.00 bits per heavy atom. The molecule has 0 aromatic heterocycles. The molecule has 0 atom stereocenters. The number of aromatic hydroxyl groups is 1. The van der Waals surface area contributed by atoms with Gasteiger partial charge in [0, 0.05) is 16.3 Å². The molecule has 0 saturated carbocycles. The molecule has 0 fully saturated rings. The Morgan fingerprint density at radius 1 is 1.21 bits per heavy atom. The molecule has 0 heterocycles. The molecule has 2 aromatic rings. The first-order valence-corrected chi connectivity index (χ1v) is 6.56. The van der Waals surface area contributed by atoms with Crippen LogP contribution in [0.5, 0.6) is 11.5 Å². The molecule has 0 saturated heterocycles. The van der Waals surface area contributed by atoms with Gasteiger partial charge in [0.15, 0.2) is 0 Å². The third kappa shape index (κ3) is 3.35. The van der Waals surface area contributed by atoms with Gasteiger partial charge in [-0.3, -0.25) is 4.99 Å². The highest BCUT2D eigenvalue weighted by atomic mass is 79.9. The zero-order valence-electron chi connectivity index (χ0n) is 10.7. The van der Waals surface area contributed by atoms with Crippen LogP contribution in [0.4, 0.5) is 5.69 Å². The zero-order chi connectivity index (χ0) is 13.8. The van der Waals surface area contributed by atoms with E-state index in [0.717, 1.165) is 15.7 Å². The summed E-state index contributed by atoms with van der Waals surface area (Å²) in [5.41, 5.74) is 2.58. The van der Waals surface area contributed by atoms with Crippen molar-refractivity contribution in [2.24, 2.45) is 4.99 Å². The van der Waals surface area contributed by atoms with Crippen LogP contribution in [0, 0.1) is 6.92 Å². The second-order valence-electron chi connectivity index (χ2n) is 4.12. The number of aliphatic imine (C=N–C) groups is 1. The van der Waals surface area contributed by atoms with E-state index in [0.29, 0.717) is 11.3 Å². The number of nitrogens with zero attached hydrogens (tertiary/aromatic N) is 1.